The minimum absolute atomic E-state index is 0.0182. The highest BCUT2D eigenvalue weighted by Gasteiger charge is 2.35. The molecular formula is C20H20N2O4. The number of ether oxygens (including phenoxy) is 1. The van der Waals surface area contributed by atoms with Gasteiger partial charge in [0.05, 0.1) is 5.92 Å². The Morgan fingerprint density at radius 2 is 1.92 bits per heavy atom. The summed E-state index contributed by atoms with van der Waals surface area (Å²) in [7, 11) is 0. The molecule has 0 saturated heterocycles. The molecule has 134 valence electrons. The first-order valence-corrected chi connectivity index (χ1v) is 8.22. The summed E-state index contributed by atoms with van der Waals surface area (Å²) in [5.74, 6) is -0.559. The fourth-order valence-electron chi connectivity index (χ4n) is 2.97. The van der Waals surface area contributed by atoms with Gasteiger partial charge in [-0.05, 0) is 16.5 Å². The standard InChI is InChI=1S/C20H20N2O4/c1-20(2,3)12-6-4-11(5-7-12)16-14(9-21)19(22)26-17-15(24)8-13(10-23)25-18(16)17/h4-8,16,23H,10,22H2,1-3H3. The Labute approximate surface area is 151 Å². The average molecular weight is 352 g/mol. The van der Waals surface area contributed by atoms with Gasteiger partial charge >= 0.3 is 0 Å². The molecule has 6 nitrogen and oxygen atoms in total. The average Bonchev–Trinajstić information content (AvgIpc) is 2.60. The van der Waals surface area contributed by atoms with Crippen LogP contribution in [0.15, 0.2) is 51.0 Å². The number of nitrogens with zero attached hydrogens (tertiary/aromatic N) is 1. The van der Waals surface area contributed by atoms with Gasteiger partial charge < -0.3 is 20.0 Å². The molecule has 1 aromatic carbocycles. The van der Waals surface area contributed by atoms with Gasteiger partial charge in [0.1, 0.15) is 24.0 Å². The number of rotatable bonds is 2. The van der Waals surface area contributed by atoms with Crippen molar-refractivity contribution in [3.05, 3.63) is 74.7 Å². The van der Waals surface area contributed by atoms with Crippen LogP contribution in [0.3, 0.4) is 0 Å². The fourth-order valence-corrected chi connectivity index (χ4v) is 2.97. The molecule has 1 aliphatic heterocycles. The van der Waals surface area contributed by atoms with Crippen LogP contribution >= 0.6 is 0 Å². The molecule has 0 amide bonds. The summed E-state index contributed by atoms with van der Waals surface area (Å²) in [6, 6.07) is 10.9. The summed E-state index contributed by atoms with van der Waals surface area (Å²) in [5, 5.41) is 18.9. The number of hydrogen-bond donors (Lipinski definition) is 2. The molecular weight excluding hydrogens is 332 g/mol. The third kappa shape index (κ3) is 2.98. The van der Waals surface area contributed by atoms with E-state index >= 15 is 0 Å². The van der Waals surface area contributed by atoms with Gasteiger partial charge in [0.2, 0.25) is 17.1 Å². The molecule has 1 atom stereocenters. The number of nitrogens with two attached hydrogens (primary N) is 1. The Kier molecular flexibility index (Phi) is 4.34. The van der Waals surface area contributed by atoms with Crippen LogP contribution in [0.5, 0.6) is 5.75 Å². The zero-order valence-corrected chi connectivity index (χ0v) is 14.9. The largest absolute Gasteiger partial charge is 0.458 e. The normalized spacial score (nSPS) is 16.7. The van der Waals surface area contributed by atoms with Crippen LogP contribution in [0.1, 0.15) is 49.3 Å². The second-order valence-corrected chi connectivity index (χ2v) is 7.23. The molecule has 1 unspecified atom stereocenters. The van der Waals surface area contributed by atoms with Crippen LogP contribution in [-0.4, -0.2) is 5.11 Å². The van der Waals surface area contributed by atoms with E-state index in [0.717, 1.165) is 17.2 Å². The maximum Gasteiger partial charge on any atom is 0.228 e. The van der Waals surface area contributed by atoms with Crippen molar-refractivity contribution in [2.24, 2.45) is 5.73 Å². The van der Waals surface area contributed by atoms with Crippen LogP contribution < -0.4 is 15.9 Å². The van der Waals surface area contributed by atoms with Crippen molar-refractivity contribution < 1.29 is 14.3 Å². The number of allylic oxidation sites excluding steroid dienone is 1. The zero-order chi connectivity index (χ0) is 19.1. The Morgan fingerprint density at radius 3 is 2.46 bits per heavy atom. The minimum atomic E-state index is -0.669. The van der Waals surface area contributed by atoms with Crippen molar-refractivity contribution in [2.45, 2.75) is 38.7 Å². The van der Waals surface area contributed by atoms with Crippen LogP contribution in [0, 0.1) is 11.3 Å². The summed E-state index contributed by atoms with van der Waals surface area (Å²) in [6.45, 7) is 5.89. The Balaban J connectivity index is 2.21. The van der Waals surface area contributed by atoms with E-state index in [1.165, 1.54) is 0 Å². The van der Waals surface area contributed by atoms with Gasteiger partial charge in [0.25, 0.3) is 0 Å². The van der Waals surface area contributed by atoms with Crippen LogP contribution in [0.4, 0.5) is 0 Å². The molecule has 0 bridgehead atoms. The summed E-state index contributed by atoms with van der Waals surface area (Å²) in [4.78, 5) is 12.3. The molecule has 26 heavy (non-hydrogen) atoms. The van der Waals surface area contributed by atoms with Gasteiger partial charge in [0.15, 0.2) is 5.76 Å². The van der Waals surface area contributed by atoms with E-state index in [0.29, 0.717) is 0 Å². The van der Waals surface area contributed by atoms with Crippen molar-refractivity contribution >= 4 is 0 Å². The maximum absolute atomic E-state index is 12.3. The van der Waals surface area contributed by atoms with Crippen molar-refractivity contribution in [3.63, 3.8) is 0 Å². The summed E-state index contributed by atoms with van der Waals surface area (Å²) < 4.78 is 11.0. The summed E-state index contributed by atoms with van der Waals surface area (Å²) in [5.41, 5.74) is 7.46. The van der Waals surface area contributed by atoms with Crippen molar-refractivity contribution in [3.8, 4) is 11.8 Å². The topological polar surface area (TPSA) is 109 Å². The van der Waals surface area contributed by atoms with Crippen LogP contribution in [0.25, 0.3) is 0 Å². The fraction of sp³-hybridized carbons (Fsp3) is 0.300. The van der Waals surface area contributed by atoms with Crippen molar-refractivity contribution in [1.29, 1.82) is 5.26 Å². The van der Waals surface area contributed by atoms with Gasteiger partial charge in [-0.15, -0.1) is 0 Å². The number of fused-ring (bicyclic) bond motifs is 1. The molecule has 1 aromatic heterocycles. The van der Waals surface area contributed by atoms with E-state index in [9.17, 15) is 15.2 Å². The smallest absolute Gasteiger partial charge is 0.228 e. The molecule has 3 rings (SSSR count). The van der Waals surface area contributed by atoms with E-state index in [1.54, 1.807) is 0 Å². The van der Waals surface area contributed by atoms with Crippen molar-refractivity contribution in [2.75, 3.05) is 0 Å². The lowest BCUT2D eigenvalue weighted by Crippen LogP contribution is -2.25. The summed E-state index contributed by atoms with van der Waals surface area (Å²) >= 11 is 0. The van der Waals surface area contributed by atoms with Gasteiger partial charge in [-0.1, -0.05) is 45.0 Å². The number of hydrogen-bond acceptors (Lipinski definition) is 6. The highest BCUT2D eigenvalue weighted by Crippen LogP contribution is 2.41. The third-order valence-corrected chi connectivity index (χ3v) is 4.40. The predicted molar refractivity (Wildman–Crippen MR) is 95.3 cm³/mol. The number of aliphatic hydroxyl groups is 1. The lowest BCUT2D eigenvalue weighted by atomic mass is 9.83. The Bertz CT molecular complexity index is 973. The molecule has 0 radical (unpaired) electrons. The van der Waals surface area contributed by atoms with Crippen LogP contribution in [0.2, 0.25) is 0 Å². The monoisotopic (exact) mass is 352 g/mol. The first-order valence-electron chi connectivity index (χ1n) is 8.22. The van der Waals surface area contributed by atoms with E-state index < -0.39 is 18.0 Å². The second-order valence-electron chi connectivity index (χ2n) is 7.23. The second kappa shape index (κ2) is 6.36. The Hall–Kier alpha value is -3.04. The van der Waals surface area contributed by atoms with E-state index in [-0.39, 0.29) is 34.1 Å². The van der Waals surface area contributed by atoms with Crippen molar-refractivity contribution in [1.82, 2.24) is 0 Å². The molecule has 1 aliphatic rings. The number of aliphatic hydroxyl groups excluding tert-OH is 1. The molecule has 3 N–H and O–H groups in total. The van der Waals surface area contributed by atoms with Gasteiger partial charge in [-0.25, -0.2) is 0 Å². The number of benzene rings is 1. The highest BCUT2D eigenvalue weighted by molar-refractivity contribution is 5.52. The lowest BCUT2D eigenvalue weighted by Gasteiger charge is -2.25. The lowest BCUT2D eigenvalue weighted by molar-refractivity contribution is 0.231. The third-order valence-electron chi connectivity index (χ3n) is 4.40. The van der Waals surface area contributed by atoms with Crippen LogP contribution in [-0.2, 0) is 12.0 Å². The molecule has 2 aromatic rings. The van der Waals surface area contributed by atoms with E-state index in [2.05, 4.69) is 26.8 Å². The molecule has 2 heterocycles. The molecule has 0 fully saturated rings. The SMILES string of the molecule is CC(C)(C)c1ccc(C2C(C#N)=C(N)Oc3c2oc(CO)cc3=O)cc1. The molecule has 0 spiro atoms. The minimum Gasteiger partial charge on any atom is -0.458 e. The van der Waals surface area contributed by atoms with Gasteiger partial charge in [-0.3, -0.25) is 4.79 Å². The molecule has 6 heteroatoms. The Morgan fingerprint density at radius 1 is 1.27 bits per heavy atom. The zero-order valence-electron chi connectivity index (χ0n) is 14.9. The van der Waals surface area contributed by atoms with E-state index in [4.69, 9.17) is 14.9 Å². The first kappa shape index (κ1) is 17.8. The predicted octanol–water partition coefficient (Wildman–Crippen LogP) is 2.65. The summed E-state index contributed by atoms with van der Waals surface area (Å²) in [6.07, 6.45) is 0. The molecule has 0 saturated carbocycles. The number of nitriles is 1. The van der Waals surface area contributed by atoms with E-state index in [1.807, 2.05) is 24.3 Å². The quantitative estimate of drug-likeness (QED) is 0.860. The van der Waals surface area contributed by atoms with Gasteiger partial charge in [0, 0.05) is 6.07 Å². The van der Waals surface area contributed by atoms with Gasteiger partial charge in [-0.2, -0.15) is 5.26 Å². The maximum atomic E-state index is 12.3. The first-order chi connectivity index (χ1) is 12.3. The molecule has 0 aliphatic carbocycles. The highest BCUT2D eigenvalue weighted by atomic mass is 16.5.